The van der Waals surface area contributed by atoms with Gasteiger partial charge in [-0.2, -0.15) is 11.8 Å². The summed E-state index contributed by atoms with van der Waals surface area (Å²) in [7, 11) is -1.80. The van der Waals surface area contributed by atoms with E-state index in [-0.39, 0.29) is 10.9 Å². The van der Waals surface area contributed by atoms with Gasteiger partial charge in [0.05, 0.1) is 5.69 Å². The third-order valence-corrected chi connectivity index (χ3v) is 6.23. The lowest BCUT2D eigenvalue weighted by Crippen LogP contribution is -2.33. The van der Waals surface area contributed by atoms with E-state index in [1.165, 1.54) is 6.20 Å². The molecule has 0 aromatic carbocycles. The van der Waals surface area contributed by atoms with Crippen molar-refractivity contribution < 1.29 is 8.42 Å². The molecule has 7 heteroatoms. The lowest BCUT2D eigenvalue weighted by Gasteiger charge is -2.15. The van der Waals surface area contributed by atoms with Gasteiger partial charge in [0.15, 0.2) is 0 Å². The monoisotopic (exact) mass is 315 g/mol. The van der Waals surface area contributed by atoms with E-state index in [2.05, 4.69) is 21.9 Å². The molecule has 20 heavy (non-hydrogen) atoms. The lowest BCUT2D eigenvalue weighted by molar-refractivity contribution is 0.552. The fraction of sp³-hybridized carbons (Fsp3) is 0.615. The largest absolute Gasteiger partial charge is 0.387 e. The minimum Gasteiger partial charge on any atom is -0.387 e. The molecular formula is C13H21N3O2S2. The summed E-state index contributed by atoms with van der Waals surface area (Å²) in [5.41, 5.74) is 0.574. The molecule has 0 saturated heterocycles. The second kappa shape index (κ2) is 6.78. The van der Waals surface area contributed by atoms with Gasteiger partial charge in [-0.15, -0.1) is 0 Å². The number of nitrogens with zero attached hydrogens (tertiary/aromatic N) is 1. The van der Waals surface area contributed by atoms with Crippen molar-refractivity contribution in [3.05, 3.63) is 18.5 Å². The first-order valence-electron chi connectivity index (χ1n) is 6.82. The average Bonchev–Trinajstić information content (AvgIpc) is 2.85. The molecule has 5 nitrogen and oxygen atoms in total. The highest BCUT2D eigenvalue weighted by Gasteiger charge is 2.29. The minimum atomic E-state index is -3.51. The van der Waals surface area contributed by atoms with E-state index in [0.717, 1.165) is 25.0 Å². The van der Waals surface area contributed by atoms with Gasteiger partial charge >= 0.3 is 0 Å². The summed E-state index contributed by atoms with van der Waals surface area (Å²) in [5.74, 6) is 1.08. The topological polar surface area (TPSA) is 71.1 Å². The summed E-state index contributed by atoms with van der Waals surface area (Å²) in [5, 5.41) is 3.47. The number of hydrogen-bond donors (Lipinski definition) is 2. The number of pyridine rings is 1. The highest BCUT2D eigenvalue weighted by molar-refractivity contribution is 7.99. The van der Waals surface area contributed by atoms with Crippen LogP contribution in [0.1, 0.15) is 26.2 Å². The first-order chi connectivity index (χ1) is 9.56. The van der Waals surface area contributed by atoms with Gasteiger partial charge in [-0.1, -0.05) is 6.92 Å². The van der Waals surface area contributed by atoms with Crippen molar-refractivity contribution in [1.29, 1.82) is 0 Å². The summed E-state index contributed by atoms with van der Waals surface area (Å²) in [6.45, 7) is 2.14. The van der Waals surface area contributed by atoms with E-state index in [9.17, 15) is 8.42 Å². The smallest absolute Gasteiger partial charge is 0.244 e. The Kier molecular flexibility index (Phi) is 5.29. The van der Waals surface area contributed by atoms with Gasteiger partial charge in [-0.05, 0) is 31.1 Å². The zero-order chi connectivity index (χ0) is 14.6. The summed E-state index contributed by atoms with van der Waals surface area (Å²) in [4.78, 5) is 4.13. The highest BCUT2D eigenvalue weighted by Crippen LogP contribution is 2.31. The molecule has 1 fully saturated rings. The van der Waals surface area contributed by atoms with Crippen LogP contribution in [-0.2, 0) is 10.0 Å². The molecule has 0 spiro atoms. The standard InChI is InChI=1S/C13H21N3O2S2/c1-3-19-11-5-4-10(8-11)16-20(17,18)13-9-15-7-6-12(13)14-2/h6-7,9-11,16H,3-5,8H2,1-2H3,(H,14,15). The van der Waals surface area contributed by atoms with Crippen molar-refractivity contribution in [2.24, 2.45) is 0 Å². The predicted octanol–water partition coefficient (Wildman–Crippen LogP) is 2.08. The summed E-state index contributed by atoms with van der Waals surface area (Å²) < 4.78 is 27.7. The molecule has 2 rings (SSSR count). The zero-order valence-electron chi connectivity index (χ0n) is 11.8. The van der Waals surface area contributed by atoms with E-state index in [1.807, 2.05) is 11.8 Å². The molecule has 0 bridgehead atoms. The second-order valence-corrected chi connectivity index (χ2v) is 8.09. The van der Waals surface area contributed by atoms with Crippen LogP contribution in [0.3, 0.4) is 0 Å². The third-order valence-electron chi connectivity index (χ3n) is 3.45. The minimum absolute atomic E-state index is 0.0361. The Morgan fingerprint density at radius 2 is 2.25 bits per heavy atom. The number of hydrogen-bond acceptors (Lipinski definition) is 5. The van der Waals surface area contributed by atoms with Crippen LogP contribution in [0.4, 0.5) is 5.69 Å². The van der Waals surface area contributed by atoms with Crippen LogP contribution in [0.5, 0.6) is 0 Å². The fourth-order valence-electron chi connectivity index (χ4n) is 2.52. The van der Waals surface area contributed by atoms with E-state index in [4.69, 9.17) is 0 Å². The quantitative estimate of drug-likeness (QED) is 0.841. The van der Waals surface area contributed by atoms with Gasteiger partial charge in [-0.25, -0.2) is 13.1 Å². The molecule has 2 atom stereocenters. The molecule has 0 aliphatic heterocycles. The normalized spacial score (nSPS) is 22.9. The number of nitrogens with one attached hydrogen (secondary N) is 2. The van der Waals surface area contributed by atoms with Crippen molar-refractivity contribution in [3.8, 4) is 0 Å². The first kappa shape index (κ1) is 15.6. The maximum absolute atomic E-state index is 12.4. The van der Waals surface area contributed by atoms with Gasteiger partial charge < -0.3 is 5.32 Å². The Morgan fingerprint density at radius 1 is 1.45 bits per heavy atom. The SMILES string of the molecule is CCSC1CCC(NS(=O)(=O)c2cnccc2NC)C1. The Bertz CT molecular complexity index is 548. The van der Waals surface area contributed by atoms with Crippen molar-refractivity contribution in [1.82, 2.24) is 9.71 Å². The van der Waals surface area contributed by atoms with Gasteiger partial charge in [0.1, 0.15) is 4.90 Å². The molecule has 112 valence electrons. The average molecular weight is 315 g/mol. The van der Waals surface area contributed by atoms with Crippen LogP contribution in [0.15, 0.2) is 23.4 Å². The van der Waals surface area contributed by atoms with Crippen LogP contribution < -0.4 is 10.0 Å². The Labute approximate surface area is 125 Å². The second-order valence-electron chi connectivity index (χ2n) is 4.83. The van der Waals surface area contributed by atoms with E-state index < -0.39 is 10.0 Å². The van der Waals surface area contributed by atoms with Crippen molar-refractivity contribution in [2.75, 3.05) is 18.1 Å². The summed E-state index contributed by atoms with van der Waals surface area (Å²) in [6.07, 6.45) is 5.87. The Morgan fingerprint density at radius 3 is 2.95 bits per heavy atom. The first-order valence-corrected chi connectivity index (χ1v) is 9.35. The van der Waals surface area contributed by atoms with E-state index >= 15 is 0 Å². The number of anilines is 1. The maximum Gasteiger partial charge on any atom is 0.244 e. The number of aromatic nitrogens is 1. The van der Waals surface area contributed by atoms with Crippen molar-refractivity contribution in [3.63, 3.8) is 0 Å². The van der Waals surface area contributed by atoms with Crippen LogP contribution in [0.25, 0.3) is 0 Å². The molecule has 1 aliphatic carbocycles. The molecular weight excluding hydrogens is 294 g/mol. The molecule has 2 unspecified atom stereocenters. The summed E-state index contributed by atoms with van der Waals surface area (Å²) in [6, 6.07) is 1.70. The highest BCUT2D eigenvalue weighted by atomic mass is 32.2. The maximum atomic E-state index is 12.4. The molecule has 1 heterocycles. The fourth-order valence-corrected chi connectivity index (χ4v) is 5.10. The zero-order valence-corrected chi connectivity index (χ0v) is 13.4. The molecule has 1 aromatic rings. The number of rotatable bonds is 6. The van der Waals surface area contributed by atoms with Crippen LogP contribution in [0, 0.1) is 0 Å². The third kappa shape index (κ3) is 3.65. The predicted molar refractivity (Wildman–Crippen MR) is 83.7 cm³/mol. The Balaban J connectivity index is 2.08. The van der Waals surface area contributed by atoms with Crippen molar-refractivity contribution in [2.45, 2.75) is 42.4 Å². The number of thioether (sulfide) groups is 1. The van der Waals surface area contributed by atoms with Gasteiger partial charge in [-0.3, -0.25) is 4.98 Å². The Hall–Kier alpha value is -0.790. The van der Waals surface area contributed by atoms with Gasteiger partial charge in [0.2, 0.25) is 10.0 Å². The van der Waals surface area contributed by atoms with Crippen LogP contribution >= 0.6 is 11.8 Å². The van der Waals surface area contributed by atoms with Gasteiger partial charge in [0.25, 0.3) is 0 Å². The molecule has 2 N–H and O–H groups in total. The van der Waals surface area contributed by atoms with Gasteiger partial charge in [0, 0.05) is 30.7 Å². The lowest BCUT2D eigenvalue weighted by atomic mass is 10.3. The number of sulfonamides is 1. The molecule has 0 amide bonds. The van der Waals surface area contributed by atoms with Crippen molar-refractivity contribution >= 4 is 27.5 Å². The summed E-state index contributed by atoms with van der Waals surface area (Å²) >= 11 is 1.91. The molecule has 0 radical (unpaired) electrons. The van der Waals surface area contributed by atoms with E-state index in [1.54, 1.807) is 19.3 Å². The molecule has 1 aromatic heterocycles. The molecule has 1 aliphatic rings. The van der Waals surface area contributed by atoms with Crippen LogP contribution in [-0.4, -0.2) is 37.5 Å². The van der Waals surface area contributed by atoms with Crippen LogP contribution in [0.2, 0.25) is 0 Å². The molecule has 1 saturated carbocycles. The van der Waals surface area contributed by atoms with E-state index in [0.29, 0.717) is 10.9 Å².